The number of ether oxygens (including phenoxy) is 1. The summed E-state index contributed by atoms with van der Waals surface area (Å²) in [5.41, 5.74) is 1.67. The lowest BCUT2D eigenvalue weighted by molar-refractivity contribution is -0.113. The molecule has 8 heteroatoms. The minimum Gasteiger partial charge on any atom is -0.465 e. The smallest absolute Gasteiger partial charge is 0.339 e. The summed E-state index contributed by atoms with van der Waals surface area (Å²) in [4.78, 5) is 24.3. The van der Waals surface area contributed by atoms with Gasteiger partial charge in [0.15, 0.2) is 5.16 Å². The van der Waals surface area contributed by atoms with E-state index >= 15 is 0 Å². The summed E-state index contributed by atoms with van der Waals surface area (Å²) in [6.07, 6.45) is 0.723. The molecule has 0 bridgehead atoms. The van der Waals surface area contributed by atoms with E-state index in [0.29, 0.717) is 16.4 Å². The van der Waals surface area contributed by atoms with E-state index in [1.54, 1.807) is 24.3 Å². The molecule has 0 aliphatic carbocycles. The van der Waals surface area contributed by atoms with Gasteiger partial charge in [0.2, 0.25) is 5.91 Å². The van der Waals surface area contributed by atoms with E-state index in [0.717, 1.165) is 17.9 Å². The second-order valence-electron chi connectivity index (χ2n) is 5.80. The Kier molecular flexibility index (Phi) is 6.44. The van der Waals surface area contributed by atoms with Crippen LogP contribution in [0.5, 0.6) is 0 Å². The van der Waals surface area contributed by atoms with E-state index in [9.17, 15) is 9.59 Å². The zero-order valence-electron chi connectivity index (χ0n) is 15.6. The van der Waals surface area contributed by atoms with Gasteiger partial charge in [-0.1, -0.05) is 49.0 Å². The van der Waals surface area contributed by atoms with E-state index < -0.39 is 5.97 Å². The van der Waals surface area contributed by atoms with Gasteiger partial charge in [-0.2, -0.15) is 0 Å². The number of carbonyl (C=O) groups excluding carboxylic acids is 2. The van der Waals surface area contributed by atoms with Crippen molar-refractivity contribution in [1.29, 1.82) is 0 Å². The average molecular weight is 396 g/mol. The van der Waals surface area contributed by atoms with Crippen LogP contribution in [-0.2, 0) is 16.0 Å². The summed E-state index contributed by atoms with van der Waals surface area (Å²) in [5, 5.41) is 11.8. The quantitative estimate of drug-likeness (QED) is 0.487. The lowest BCUT2D eigenvalue weighted by Gasteiger charge is -2.11. The molecule has 0 aliphatic heterocycles. The molecule has 0 fully saturated rings. The fourth-order valence-electron chi connectivity index (χ4n) is 2.66. The minimum atomic E-state index is -0.500. The van der Waals surface area contributed by atoms with Crippen molar-refractivity contribution in [3.05, 3.63) is 66.0 Å². The van der Waals surface area contributed by atoms with Gasteiger partial charge in [-0.05, 0) is 24.3 Å². The van der Waals surface area contributed by atoms with Crippen LogP contribution in [0, 0.1) is 0 Å². The number of hydrogen-bond donors (Lipinski definition) is 1. The van der Waals surface area contributed by atoms with Crippen molar-refractivity contribution in [3.8, 4) is 5.69 Å². The predicted molar refractivity (Wildman–Crippen MR) is 108 cm³/mol. The maximum Gasteiger partial charge on any atom is 0.339 e. The second kappa shape index (κ2) is 9.18. The van der Waals surface area contributed by atoms with Gasteiger partial charge in [0.05, 0.1) is 24.1 Å². The van der Waals surface area contributed by atoms with Crippen LogP contribution < -0.4 is 5.32 Å². The van der Waals surface area contributed by atoms with Crippen LogP contribution in [0.3, 0.4) is 0 Å². The number of methoxy groups -OCH3 is 1. The largest absolute Gasteiger partial charge is 0.465 e. The van der Waals surface area contributed by atoms with Crippen molar-refractivity contribution in [1.82, 2.24) is 14.8 Å². The van der Waals surface area contributed by atoms with Gasteiger partial charge < -0.3 is 10.1 Å². The van der Waals surface area contributed by atoms with Crippen LogP contribution in [0.25, 0.3) is 5.69 Å². The van der Waals surface area contributed by atoms with E-state index in [4.69, 9.17) is 4.74 Å². The topological polar surface area (TPSA) is 86.1 Å². The first-order valence-corrected chi connectivity index (χ1v) is 9.72. The number of amides is 1. The standard InChI is InChI=1S/C20H20N4O3S/c1-3-17-22-23-20(24(17)14-9-5-4-6-10-14)28-13-18(25)21-16-12-8-7-11-15(16)19(26)27-2/h4-12H,3,13H2,1-2H3,(H,21,25). The average Bonchev–Trinajstić information content (AvgIpc) is 3.15. The number of esters is 1. The number of hydrogen-bond acceptors (Lipinski definition) is 6. The fraction of sp³-hybridized carbons (Fsp3) is 0.200. The van der Waals surface area contributed by atoms with Gasteiger partial charge in [0.1, 0.15) is 5.82 Å². The Labute approximate surface area is 167 Å². The predicted octanol–water partition coefficient (Wildman–Crippen LogP) is 3.35. The molecule has 0 atom stereocenters. The molecule has 0 saturated carbocycles. The van der Waals surface area contributed by atoms with E-state index in [1.165, 1.54) is 18.9 Å². The van der Waals surface area contributed by atoms with E-state index in [-0.39, 0.29) is 11.7 Å². The Morgan fingerprint density at radius 2 is 1.79 bits per heavy atom. The summed E-state index contributed by atoms with van der Waals surface area (Å²) < 4.78 is 6.70. The molecule has 7 nitrogen and oxygen atoms in total. The Balaban J connectivity index is 1.73. The molecule has 0 aliphatic rings. The van der Waals surface area contributed by atoms with Crippen molar-refractivity contribution in [2.45, 2.75) is 18.5 Å². The first-order chi connectivity index (χ1) is 13.6. The third-order valence-corrected chi connectivity index (χ3v) is 4.90. The molecule has 1 heterocycles. The van der Waals surface area contributed by atoms with Gasteiger partial charge in [-0.25, -0.2) is 4.79 Å². The van der Waals surface area contributed by atoms with Crippen LogP contribution in [-0.4, -0.2) is 39.5 Å². The van der Waals surface area contributed by atoms with Crippen molar-refractivity contribution in [3.63, 3.8) is 0 Å². The molecular formula is C20H20N4O3S. The highest BCUT2D eigenvalue weighted by molar-refractivity contribution is 7.99. The molecular weight excluding hydrogens is 376 g/mol. The van der Waals surface area contributed by atoms with Crippen molar-refractivity contribution in [2.75, 3.05) is 18.2 Å². The SMILES string of the molecule is CCc1nnc(SCC(=O)Nc2ccccc2C(=O)OC)n1-c1ccccc1. The number of nitrogens with one attached hydrogen (secondary N) is 1. The van der Waals surface area contributed by atoms with Crippen LogP contribution in [0.1, 0.15) is 23.1 Å². The second-order valence-corrected chi connectivity index (χ2v) is 6.74. The highest BCUT2D eigenvalue weighted by Gasteiger charge is 2.16. The van der Waals surface area contributed by atoms with Gasteiger partial charge >= 0.3 is 5.97 Å². The molecule has 0 unspecified atom stereocenters. The molecule has 2 aromatic carbocycles. The minimum absolute atomic E-state index is 0.129. The third kappa shape index (κ3) is 4.40. The lowest BCUT2D eigenvalue weighted by atomic mass is 10.2. The summed E-state index contributed by atoms with van der Waals surface area (Å²) >= 11 is 1.29. The Morgan fingerprint density at radius 3 is 2.50 bits per heavy atom. The Hall–Kier alpha value is -3.13. The van der Waals surface area contributed by atoms with E-state index in [2.05, 4.69) is 15.5 Å². The zero-order chi connectivity index (χ0) is 19.9. The monoisotopic (exact) mass is 396 g/mol. The number of carbonyl (C=O) groups is 2. The number of aromatic nitrogens is 3. The number of anilines is 1. The van der Waals surface area contributed by atoms with Crippen molar-refractivity contribution < 1.29 is 14.3 Å². The molecule has 1 N–H and O–H groups in total. The normalized spacial score (nSPS) is 10.5. The molecule has 3 rings (SSSR count). The molecule has 0 radical (unpaired) electrons. The summed E-state index contributed by atoms with van der Waals surface area (Å²) in [6, 6.07) is 16.5. The first-order valence-electron chi connectivity index (χ1n) is 8.73. The number of thioether (sulfide) groups is 1. The number of aryl methyl sites for hydroxylation is 1. The fourth-order valence-corrected chi connectivity index (χ4v) is 3.43. The number of para-hydroxylation sites is 2. The zero-order valence-corrected chi connectivity index (χ0v) is 16.4. The van der Waals surface area contributed by atoms with Gasteiger partial charge in [-0.3, -0.25) is 9.36 Å². The molecule has 28 heavy (non-hydrogen) atoms. The van der Waals surface area contributed by atoms with Crippen LogP contribution >= 0.6 is 11.8 Å². The molecule has 1 amide bonds. The summed E-state index contributed by atoms with van der Waals surface area (Å²) in [6.45, 7) is 2.01. The molecule has 3 aromatic rings. The summed E-state index contributed by atoms with van der Waals surface area (Å²) in [5.74, 6) is 0.205. The van der Waals surface area contributed by atoms with Gasteiger partial charge in [0.25, 0.3) is 0 Å². The Bertz CT molecular complexity index is 973. The van der Waals surface area contributed by atoms with Crippen LogP contribution in [0.2, 0.25) is 0 Å². The molecule has 144 valence electrons. The molecule has 0 spiro atoms. The van der Waals surface area contributed by atoms with Crippen LogP contribution in [0.15, 0.2) is 59.8 Å². The van der Waals surface area contributed by atoms with Gasteiger partial charge in [-0.15, -0.1) is 10.2 Å². The maximum atomic E-state index is 12.4. The van der Waals surface area contributed by atoms with Crippen molar-refractivity contribution in [2.24, 2.45) is 0 Å². The number of benzene rings is 2. The third-order valence-electron chi connectivity index (χ3n) is 3.97. The van der Waals surface area contributed by atoms with E-state index in [1.807, 2.05) is 41.8 Å². The number of rotatable bonds is 7. The van der Waals surface area contributed by atoms with Gasteiger partial charge in [0, 0.05) is 12.1 Å². The highest BCUT2D eigenvalue weighted by atomic mass is 32.2. The highest BCUT2D eigenvalue weighted by Crippen LogP contribution is 2.23. The van der Waals surface area contributed by atoms with Crippen molar-refractivity contribution >= 4 is 29.3 Å². The first kappa shape index (κ1) is 19.6. The summed E-state index contributed by atoms with van der Waals surface area (Å²) in [7, 11) is 1.30. The van der Waals surface area contributed by atoms with Crippen LogP contribution in [0.4, 0.5) is 5.69 Å². The number of nitrogens with zero attached hydrogens (tertiary/aromatic N) is 3. The lowest BCUT2D eigenvalue weighted by Crippen LogP contribution is -2.17. The molecule has 0 saturated heterocycles. The molecule has 1 aromatic heterocycles. The Morgan fingerprint density at radius 1 is 1.07 bits per heavy atom. The maximum absolute atomic E-state index is 12.4.